The topological polar surface area (TPSA) is 157 Å². The van der Waals surface area contributed by atoms with Gasteiger partial charge in [-0.1, -0.05) is 43.0 Å². The summed E-state index contributed by atoms with van der Waals surface area (Å²) in [6, 6.07) is 8.13. The number of hydrogen-bond acceptors (Lipinski definition) is 8. The van der Waals surface area contributed by atoms with E-state index in [0.29, 0.717) is 97.1 Å². The van der Waals surface area contributed by atoms with Crippen LogP contribution in [0.4, 0.5) is 4.79 Å². The molecule has 0 saturated heterocycles. The summed E-state index contributed by atoms with van der Waals surface area (Å²) in [6.07, 6.45) is 7.85. The fraction of sp³-hybridized carbons (Fsp3) is 0.667. The third kappa shape index (κ3) is 22.2. The van der Waals surface area contributed by atoms with Gasteiger partial charge in [-0.15, -0.1) is 6.58 Å². The molecular weight excluding hydrogens is 687 g/mol. The summed E-state index contributed by atoms with van der Waals surface area (Å²) < 4.78 is 39.1. The number of amides is 2. The Morgan fingerprint density at radius 1 is 0.980 bits per heavy atom. The minimum absolute atomic E-state index is 0.123. The van der Waals surface area contributed by atoms with Crippen molar-refractivity contribution in [1.29, 1.82) is 0 Å². The van der Waals surface area contributed by atoms with Crippen molar-refractivity contribution in [3.8, 4) is 5.75 Å². The van der Waals surface area contributed by atoms with E-state index in [0.717, 1.165) is 11.3 Å². The molecule has 288 valence electrons. The van der Waals surface area contributed by atoms with Crippen molar-refractivity contribution >= 4 is 36.2 Å². The van der Waals surface area contributed by atoms with E-state index in [4.69, 9.17) is 15.0 Å². The van der Waals surface area contributed by atoms with E-state index in [1.807, 2.05) is 51.1 Å². The van der Waals surface area contributed by atoms with Gasteiger partial charge in [0.25, 0.3) is 0 Å². The summed E-state index contributed by atoms with van der Waals surface area (Å²) in [5.41, 5.74) is 8.96. The molecule has 0 radical (unpaired) electrons. The molecule has 0 aliphatic rings. The molecule has 0 aromatic heterocycles. The van der Waals surface area contributed by atoms with Crippen LogP contribution in [0.5, 0.6) is 5.75 Å². The number of methoxy groups -OCH3 is 1. The highest BCUT2D eigenvalue weighted by molar-refractivity contribution is 7.89. The molecule has 0 saturated carbocycles. The molecule has 51 heavy (non-hydrogen) atoms. The summed E-state index contributed by atoms with van der Waals surface area (Å²) in [7, 11) is -3.40. The Hall–Kier alpha value is -3.36. The van der Waals surface area contributed by atoms with E-state index in [2.05, 4.69) is 46.5 Å². The molecule has 1 aromatic carbocycles. The molecule has 0 bridgehead atoms. The molecule has 13 nitrogen and oxygen atoms in total. The van der Waals surface area contributed by atoms with Crippen LogP contribution in [0.2, 0.25) is 25.7 Å². The molecule has 0 heterocycles. The minimum atomic E-state index is -3.44. The first-order chi connectivity index (χ1) is 24.0. The Morgan fingerprint density at radius 2 is 1.61 bits per heavy atom. The number of ether oxygens (including phenoxy) is 2. The van der Waals surface area contributed by atoms with Gasteiger partial charge >= 0.3 is 6.09 Å². The smallest absolute Gasteiger partial charge is 0.407 e. The average Bonchev–Trinajstić information content (AvgIpc) is 3.05. The zero-order valence-corrected chi connectivity index (χ0v) is 33.9. The highest BCUT2D eigenvalue weighted by Crippen LogP contribution is 2.15. The van der Waals surface area contributed by atoms with Gasteiger partial charge < -0.3 is 19.7 Å². The summed E-state index contributed by atoms with van der Waals surface area (Å²) in [6.45, 7) is 20.4. The van der Waals surface area contributed by atoms with Gasteiger partial charge in [-0.05, 0) is 94.8 Å². The number of sulfonamides is 1. The van der Waals surface area contributed by atoms with Crippen molar-refractivity contribution < 1.29 is 27.5 Å². The molecule has 0 atom stereocenters. The number of nitrogens with zero attached hydrogens (tertiary/aromatic N) is 6. The zero-order chi connectivity index (χ0) is 38.3. The van der Waals surface area contributed by atoms with Crippen molar-refractivity contribution in [2.24, 2.45) is 5.11 Å². The number of hydrogen-bond donors (Lipinski definition) is 1. The second kappa shape index (κ2) is 24.0. The van der Waals surface area contributed by atoms with E-state index in [1.165, 1.54) is 0 Å². The van der Waals surface area contributed by atoms with Crippen molar-refractivity contribution in [3.05, 3.63) is 59.0 Å². The van der Waals surface area contributed by atoms with E-state index in [1.54, 1.807) is 28.5 Å². The maximum atomic E-state index is 13.5. The third-order valence-corrected chi connectivity index (χ3v) is 11.8. The van der Waals surface area contributed by atoms with Gasteiger partial charge in [0.15, 0.2) is 0 Å². The molecule has 0 aliphatic heterocycles. The first-order valence-electron chi connectivity index (χ1n) is 17.9. The lowest BCUT2D eigenvalue weighted by atomic mass is 10.2. The van der Waals surface area contributed by atoms with Crippen LogP contribution in [0.1, 0.15) is 58.4 Å². The van der Waals surface area contributed by atoms with Crippen LogP contribution < -0.4 is 10.1 Å². The van der Waals surface area contributed by atoms with Crippen molar-refractivity contribution in [2.45, 2.75) is 84.2 Å². The summed E-state index contributed by atoms with van der Waals surface area (Å²) in [5.74, 6) is 0.761. The molecule has 0 spiro atoms. The third-order valence-electron chi connectivity index (χ3n) is 7.77. The van der Waals surface area contributed by atoms with Gasteiger partial charge in [0.05, 0.1) is 12.9 Å². The van der Waals surface area contributed by atoms with Crippen molar-refractivity contribution in [1.82, 2.24) is 19.4 Å². The lowest BCUT2D eigenvalue weighted by Gasteiger charge is -2.27. The lowest BCUT2D eigenvalue weighted by Crippen LogP contribution is -2.39. The summed E-state index contributed by atoms with van der Waals surface area (Å²) in [5, 5.41) is 6.35. The number of rotatable bonds is 26. The molecular formula is C36H63N7O6SSi. The largest absolute Gasteiger partial charge is 0.497 e. The van der Waals surface area contributed by atoms with Crippen LogP contribution in [-0.4, -0.2) is 120 Å². The summed E-state index contributed by atoms with van der Waals surface area (Å²) >= 11 is 0. The molecule has 1 aromatic rings. The first kappa shape index (κ1) is 45.7. The van der Waals surface area contributed by atoms with Crippen molar-refractivity contribution in [2.75, 3.05) is 71.8 Å². The van der Waals surface area contributed by atoms with Crippen LogP contribution >= 0.6 is 0 Å². The predicted molar refractivity (Wildman–Crippen MR) is 210 cm³/mol. The number of unbranched alkanes of at least 4 members (excludes halogenated alkanes) is 1. The second-order valence-electron chi connectivity index (χ2n) is 14.7. The number of nitrogens with one attached hydrogen (secondary N) is 1. The fourth-order valence-corrected chi connectivity index (χ4v) is 9.56. The second-order valence-corrected chi connectivity index (χ2v) is 22.4. The molecule has 1 rings (SSSR count). The number of azide groups is 1. The number of carbonyl (C=O) groups excluding carboxylic acids is 2. The van der Waals surface area contributed by atoms with E-state index < -0.39 is 29.8 Å². The monoisotopic (exact) mass is 749 g/mol. The quantitative estimate of drug-likeness (QED) is 0.0208. The van der Waals surface area contributed by atoms with Crippen LogP contribution in [0.25, 0.3) is 16.5 Å². The molecule has 2 amide bonds. The standard InChI is InChI=1S/C36H63N7O6SSi/c1-9-23-41(24-13-27-42(26-12-22-39-40-37)34(44)20-17-32-15-18-33(48-5)19-16-32)25-14-29-43(50(46,47)30-31-51(6,7)8)28-11-10-21-38-35(45)49-36(2,3)4/h9,15-20H,1,10-14,21-31H2,2-8H3,(H,38,45)/b20-17+. The number of carbonyl (C=O) groups is 2. The number of alkyl carbamates (subject to hydrolysis) is 1. The van der Waals surface area contributed by atoms with Gasteiger partial charge in [-0.2, -0.15) is 0 Å². The Bertz CT molecular complexity index is 1370. The Morgan fingerprint density at radius 3 is 2.20 bits per heavy atom. The maximum absolute atomic E-state index is 13.5. The van der Waals surface area contributed by atoms with E-state index in [-0.39, 0.29) is 11.7 Å². The van der Waals surface area contributed by atoms with Gasteiger partial charge in [-0.3, -0.25) is 9.69 Å². The Labute approximate surface area is 308 Å². The van der Waals surface area contributed by atoms with Crippen LogP contribution in [-0.2, 0) is 19.6 Å². The van der Waals surface area contributed by atoms with Crippen LogP contribution in [0, 0.1) is 0 Å². The average molecular weight is 750 g/mol. The molecule has 0 unspecified atom stereocenters. The maximum Gasteiger partial charge on any atom is 0.407 e. The molecule has 0 aliphatic carbocycles. The molecule has 0 fully saturated rings. The van der Waals surface area contributed by atoms with Gasteiger partial charge in [-0.25, -0.2) is 17.5 Å². The molecule has 1 N–H and O–H groups in total. The van der Waals surface area contributed by atoms with Gasteiger partial charge in [0, 0.05) is 71.4 Å². The zero-order valence-electron chi connectivity index (χ0n) is 32.1. The van der Waals surface area contributed by atoms with Gasteiger partial charge in [0.1, 0.15) is 11.4 Å². The summed E-state index contributed by atoms with van der Waals surface area (Å²) in [4.78, 5) is 32.0. The minimum Gasteiger partial charge on any atom is -0.497 e. The van der Waals surface area contributed by atoms with E-state index in [9.17, 15) is 18.0 Å². The number of benzene rings is 1. The van der Waals surface area contributed by atoms with Gasteiger partial charge in [0.2, 0.25) is 15.9 Å². The highest BCUT2D eigenvalue weighted by atomic mass is 32.2. The Kier molecular flexibility index (Phi) is 21.5. The lowest BCUT2D eigenvalue weighted by molar-refractivity contribution is -0.126. The normalized spacial score (nSPS) is 12.2. The van der Waals surface area contributed by atoms with Crippen LogP contribution in [0.3, 0.4) is 0 Å². The molecule has 15 heteroatoms. The van der Waals surface area contributed by atoms with Crippen molar-refractivity contribution in [3.63, 3.8) is 0 Å². The Balaban J connectivity index is 2.82. The SMILES string of the molecule is C=CCN(CCCN(CCCN=[N+]=[N-])C(=O)/C=C/c1ccc(OC)cc1)CCCN(CCCCNC(=O)OC(C)(C)C)S(=O)(=O)CC[Si](C)(C)C. The van der Waals surface area contributed by atoms with E-state index >= 15 is 0 Å². The van der Waals surface area contributed by atoms with Crippen LogP contribution in [0.15, 0.2) is 48.1 Å². The first-order valence-corrected chi connectivity index (χ1v) is 23.2. The predicted octanol–water partition coefficient (Wildman–Crippen LogP) is 6.78. The highest BCUT2D eigenvalue weighted by Gasteiger charge is 2.25. The fourth-order valence-electron chi connectivity index (χ4n) is 5.00.